The zero-order valence-electron chi connectivity index (χ0n) is 10.3. The number of benzene rings is 1. The van der Waals surface area contributed by atoms with Crippen molar-refractivity contribution in [2.45, 2.75) is 45.1 Å². The summed E-state index contributed by atoms with van der Waals surface area (Å²) >= 11 is 0. The highest BCUT2D eigenvalue weighted by molar-refractivity contribution is 5.27. The molecule has 0 saturated carbocycles. The second-order valence-corrected chi connectivity index (χ2v) is 4.20. The SMILES string of the molecule is CCCCCC(O)Cc1ccc(OC)cc1. The minimum atomic E-state index is -0.208. The van der Waals surface area contributed by atoms with Crippen LogP contribution >= 0.6 is 0 Å². The summed E-state index contributed by atoms with van der Waals surface area (Å²) in [4.78, 5) is 0. The number of unbranched alkanes of at least 4 members (excludes halogenated alkanes) is 2. The van der Waals surface area contributed by atoms with Crippen LogP contribution in [0.3, 0.4) is 0 Å². The highest BCUT2D eigenvalue weighted by Crippen LogP contribution is 2.14. The first-order chi connectivity index (χ1) is 7.76. The van der Waals surface area contributed by atoms with Crippen molar-refractivity contribution in [2.75, 3.05) is 7.11 Å². The van der Waals surface area contributed by atoms with Crippen molar-refractivity contribution in [3.05, 3.63) is 29.8 Å². The van der Waals surface area contributed by atoms with Gasteiger partial charge in [0.25, 0.3) is 0 Å². The molecule has 1 aromatic rings. The Kier molecular flexibility index (Phi) is 5.94. The molecular weight excluding hydrogens is 200 g/mol. The predicted molar refractivity (Wildman–Crippen MR) is 66.8 cm³/mol. The van der Waals surface area contributed by atoms with Crippen LogP contribution in [0.1, 0.15) is 38.2 Å². The van der Waals surface area contributed by atoms with E-state index >= 15 is 0 Å². The van der Waals surface area contributed by atoms with Crippen LogP contribution in [0.4, 0.5) is 0 Å². The number of aliphatic hydroxyl groups excluding tert-OH is 1. The molecule has 0 bridgehead atoms. The molecule has 1 unspecified atom stereocenters. The van der Waals surface area contributed by atoms with Crippen molar-refractivity contribution >= 4 is 0 Å². The van der Waals surface area contributed by atoms with E-state index in [9.17, 15) is 5.11 Å². The van der Waals surface area contributed by atoms with Gasteiger partial charge >= 0.3 is 0 Å². The molecule has 2 heteroatoms. The first-order valence-electron chi connectivity index (χ1n) is 6.07. The lowest BCUT2D eigenvalue weighted by molar-refractivity contribution is 0.161. The third kappa shape index (κ3) is 4.67. The summed E-state index contributed by atoms with van der Waals surface area (Å²) in [6, 6.07) is 7.91. The van der Waals surface area contributed by atoms with Crippen molar-refractivity contribution in [1.29, 1.82) is 0 Å². The van der Waals surface area contributed by atoms with Crippen LogP contribution < -0.4 is 4.74 Å². The van der Waals surface area contributed by atoms with Gasteiger partial charge in [-0.3, -0.25) is 0 Å². The van der Waals surface area contributed by atoms with E-state index < -0.39 is 0 Å². The van der Waals surface area contributed by atoms with Crippen LogP contribution in [-0.4, -0.2) is 18.3 Å². The second kappa shape index (κ2) is 7.29. The highest BCUT2D eigenvalue weighted by atomic mass is 16.5. The Morgan fingerprint density at radius 2 is 1.88 bits per heavy atom. The fourth-order valence-corrected chi connectivity index (χ4v) is 1.77. The number of hydrogen-bond donors (Lipinski definition) is 1. The summed E-state index contributed by atoms with van der Waals surface area (Å²) in [6.07, 6.45) is 4.97. The van der Waals surface area contributed by atoms with Gasteiger partial charge in [-0.05, 0) is 30.5 Å². The molecule has 1 atom stereocenters. The number of ether oxygens (including phenoxy) is 1. The Morgan fingerprint density at radius 3 is 2.44 bits per heavy atom. The van der Waals surface area contributed by atoms with Crippen molar-refractivity contribution in [2.24, 2.45) is 0 Å². The lowest BCUT2D eigenvalue weighted by Gasteiger charge is -2.10. The van der Waals surface area contributed by atoms with Crippen molar-refractivity contribution in [3.8, 4) is 5.75 Å². The van der Waals surface area contributed by atoms with Gasteiger partial charge in [-0.1, -0.05) is 38.3 Å². The van der Waals surface area contributed by atoms with Gasteiger partial charge in [-0.25, -0.2) is 0 Å². The van der Waals surface area contributed by atoms with Crippen molar-refractivity contribution in [1.82, 2.24) is 0 Å². The molecule has 90 valence electrons. The third-order valence-corrected chi connectivity index (χ3v) is 2.77. The summed E-state index contributed by atoms with van der Waals surface area (Å²) in [7, 11) is 1.66. The Hall–Kier alpha value is -1.02. The van der Waals surface area contributed by atoms with E-state index in [0.717, 1.165) is 25.0 Å². The molecule has 1 aromatic carbocycles. The zero-order valence-corrected chi connectivity index (χ0v) is 10.3. The Morgan fingerprint density at radius 1 is 1.19 bits per heavy atom. The fraction of sp³-hybridized carbons (Fsp3) is 0.571. The maximum Gasteiger partial charge on any atom is 0.118 e. The summed E-state index contributed by atoms with van der Waals surface area (Å²) in [5.74, 6) is 0.865. The average molecular weight is 222 g/mol. The molecule has 16 heavy (non-hydrogen) atoms. The summed E-state index contributed by atoms with van der Waals surface area (Å²) in [5.41, 5.74) is 1.17. The summed E-state index contributed by atoms with van der Waals surface area (Å²) in [6.45, 7) is 2.18. The Labute approximate surface area is 98.3 Å². The molecule has 2 nitrogen and oxygen atoms in total. The first-order valence-corrected chi connectivity index (χ1v) is 6.07. The predicted octanol–water partition coefficient (Wildman–Crippen LogP) is 3.18. The van der Waals surface area contributed by atoms with Gasteiger partial charge in [0, 0.05) is 0 Å². The highest BCUT2D eigenvalue weighted by Gasteiger charge is 2.05. The Bertz CT molecular complexity index is 279. The number of aliphatic hydroxyl groups is 1. The molecule has 0 fully saturated rings. The molecular formula is C14H22O2. The minimum Gasteiger partial charge on any atom is -0.497 e. The molecule has 0 heterocycles. The van der Waals surface area contributed by atoms with E-state index in [0.29, 0.717) is 0 Å². The largest absolute Gasteiger partial charge is 0.497 e. The molecule has 0 radical (unpaired) electrons. The van der Waals surface area contributed by atoms with Gasteiger partial charge in [0.15, 0.2) is 0 Å². The molecule has 0 saturated heterocycles. The smallest absolute Gasteiger partial charge is 0.118 e. The average Bonchev–Trinajstić information content (AvgIpc) is 2.30. The standard InChI is InChI=1S/C14H22O2/c1-3-4-5-6-13(15)11-12-7-9-14(16-2)10-8-12/h7-10,13,15H,3-6,11H2,1-2H3. The fourth-order valence-electron chi connectivity index (χ4n) is 1.77. The van der Waals surface area contributed by atoms with Crippen LogP contribution in [0.5, 0.6) is 5.75 Å². The van der Waals surface area contributed by atoms with Crippen LogP contribution in [0, 0.1) is 0 Å². The van der Waals surface area contributed by atoms with Crippen LogP contribution in [-0.2, 0) is 6.42 Å². The number of rotatable bonds is 7. The van der Waals surface area contributed by atoms with Gasteiger partial charge in [0.05, 0.1) is 13.2 Å². The Balaban J connectivity index is 2.34. The van der Waals surface area contributed by atoms with Crippen LogP contribution in [0.15, 0.2) is 24.3 Å². The van der Waals surface area contributed by atoms with Crippen molar-refractivity contribution in [3.63, 3.8) is 0 Å². The molecule has 1 rings (SSSR count). The normalized spacial score (nSPS) is 12.4. The topological polar surface area (TPSA) is 29.5 Å². The lowest BCUT2D eigenvalue weighted by Crippen LogP contribution is -2.10. The number of methoxy groups -OCH3 is 1. The minimum absolute atomic E-state index is 0.208. The van der Waals surface area contributed by atoms with Gasteiger partial charge < -0.3 is 9.84 Å². The molecule has 0 spiro atoms. The summed E-state index contributed by atoms with van der Waals surface area (Å²) < 4.78 is 5.09. The van der Waals surface area contributed by atoms with E-state index in [1.807, 2.05) is 24.3 Å². The van der Waals surface area contributed by atoms with Gasteiger partial charge in [0.2, 0.25) is 0 Å². The second-order valence-electron chi connectivity index (χ2n) is 4.20. The van der Waals surface area contributed by atoms with E-state index in [1.165, 1.54) is 18.4 Å². The van der Waals surface area contributed by atoms with Gasteiger partial charge in [-0.2, -0.15) is 0 Å². The van der Waals surface area contributed by atoms with Gasteiger partial charge in [-0.15, -0.1) is 0 Å². The molecule has 0 aromatic heterocycles. The summed E-state index contributed by atoms with van der Waals surface area (Å²) in [5, 5.41) is 9.82. The van der Waals surface area contributed by atoms with Crippen LogP contribution in [0.2, 0.25) is 0 Å². The first kappa shape index (κ1) is 13.0. The lowest BCUT2D eigenvalue weighted by atomic mass is 10.0. The zero-order chi connectivity index (χ0) is 11.8. The molecule has 0 aliphatic heterocycles. The van der Waals surface area contributed by atoms with Gasteiger partial charge in [0.1, 0.15) is 5.75 Å². The van der Waals surface area contributed by atoms with Crippen LogP contribution in [0.25, 0.3) is 0 Å². The van der Waals surface area contributed by atoms with E-state index in [4.69, 9.17) is 4.74 Å². The molecule has 0 amide bonds. The van der Waals surface area contributed by atoms with E-state index in [1.54, 1.807) is 7.11 Å². The maximum atomic E-state index is 9.82. The molecule has 0 aliphatic rings. The molecule has 0 aliphatic carbocycles. The molecule has 1 N–H and O–H groups in total. The maximum absolute atomic E-state index is 9.82. The monoisotopic (exact) mass is 222 g/mol. The number of hydrogen-bond acceptors (Lipinski definition) is 2. The van der Waals surface area contributed by atoms with E-state index in [-0.39, 0.29) is 6.10 Å². The van der Waals surface area contributed by atoms with E-state index in [2.05, 4.69) is 6.92 Å². The van der Waals surface area contributed by atoms with Crippen molar-refractivity contribution < 1.29 is 9.84 Å². The third-order valence-electron chi connectivity index (χ3n) is 2.77. The quantitative estimate of drug-likeness (QED) is 0.718.